The van der Waals surface area contributed by atoms with Gasteiger partial charge in [0.1, 0.15) is 5.69 Å². The predicted molar refractivity (Wildman–Crippen MR) is 107 cm³/mol. The van der Waals surface area contributed by atoms with Crippen LogP contribution in [0.4, 0.5) is 0 Å². The Morgan fingerprint density at radius 2 is 1.63 bits per heavy atom. The Morgan fingerprint density at radius 1 is 0.963 bits per heavy atom. The lowest BCUT2D eigenvalue weighted by molar-refractivity contribution is 0.0665. The minimum atomic E-state index is 0.0234. The second-order valence-electron chi connectivity index (χ2n) is 6.77. The van der Waals surface area contributed by atoms with Crippen molar-refractivity contribution in [1.29, 1.82) is 0 Å². The second-order valence-corrected chi connectivity index (χ2v) is 7.21. The topological polar surface area (TPSA) is 41.4 Å². The van der Waals surface area contributed by atoms with Gasteiger partial charge in [-0.1, -0.05) is 41.9 Å². The van der Waals surface area contributed by atoms with Crippen LogP contribution in [0.3, 0.4) is 0 Å². The molecule has 6 heteroatoms. The standard InChI is InChI=1S/C21H21ClN4O/c1-24-11-13-25(14-12-24)21(27)19-15-26(18-5-3-2-4-6-18)23-20(19)16-7-9-17(22)10-8-16/h2-10,15H,11-14H2,1H3. The van der Waals surface area contributed by atoms with Crippen molar-refractivity contribution in [2.24, 2.45) is 0 Å². The number of rotatable bonds is 3. The van der Waals surface area contributed by atoms with Gasteiger partial charge in [-0.25, -0.2) is 4.68 Å². The fraction of sp³-hybridized carbons (Fsp3) is 0.238. The number of para-hydroxylation sites is 1. The SMILES string of the molecule is CN1CCN(C(=O)c2cn(-c3ccccc3)nc2-c2ccc(Cl)cc2)CC1. The summed E-state index contributed by atoms with van der Waals surface area (Å²) in [4.78, 5) is 17.4. The maximum Gasteiger partial charge on any atom is 0.257 e. The van der Waals surface area contributed by atoms with Crippen LogP contribution in [-0.4, -0.2) is 58.7 Å². The van der Waals surface area contributed by atoms with Gasteiger partial charge in [0.2, 0.25) is 0 Å². The number of nitrogens with zero attached hydrogens (tertiary/aromatic N) is 4. The van der Waals surface area contributed by atoms with Crippen LogP contribution in [0.2, 0.25) is 5.02 Å². The molecule has 1 aromatic heterocycles. The summed E-state index contributed by atoms with van der Waals surface area (Å²) < 4.78 is 1.77. The molecule has 0 radical (unpaired) electrons. The minimum absolute atomic E-state index is 0.0234. The number of carbonyl (C=O) groups excluding carboxylic acids is 1. The van der Waals surface area contributed by atoms with E-state index in [4.69, 9.17) is 16.7 Å². The van der Waals surface area contributed by atoms with E-state index in [9.17, 15) is 4.79 Å². The number of hydrogen-bond donors (Lipinski definition) is 0. The highest BCUT2D eigenvalue weighted by Crippen LogP contribution is 2.26. The molecular weight excluding hydrogens is 360 g/mol. The van der Waals surface area contributed by atoms with Gasteiger partial charge in [0.15, 0.2) is 0 Å². The molecule has 0 saturated carbocycles. The molecule has 2 aromatic carbocycles. The first-order chi connectivity index (χ1) is 13.1. The third-order valence-electron chi connectivity index (χ3n) is 4.87. The molecule has 0 spiro atoms. The van der Waals surface area contributed by atoms with Crippen LogP contribution in [0.25, 0.3) is 16.9 Å². The average Bonchev–Trinajstić information content (AvgIpc) is 3.15. The number of likely N-dealkylation sites (N-methyl/N-ethyl adjacent to an activating group) is 1. The molecule has 1 fully saturated rings. The number of piperazine rings is 1. The predicted octanol–water partition coefficient (Wildman–Crippen LogP) is 3.58. The van der Waals surface area contributed by atoms with Crippen LogP contribution in [0.1, 0.15) is 10.4 Å². The van der Waals surface area contributed by atoms with E-state index in [2.05, 4.69) is 11.9 Å². The van der Waals surface area contributed by atoms with Crippen molar-refractivity contribution in [3.8, 4) is 16.9 Å². The van der Waals surface area contributed by atoms with Crippen LogP contribution in [0, 0.1) is 0 Å². The number of halogens is 1. The van der Waals surface area contributed by atoms with Gasteiger partial charge >= 0.3 is 0 Å². The molecule has 1 saturated heterocycles. The molecule has 0 unspecified atom stereocenters. The number of carbonyl (C=O) groups is 1. The normalized spacial score (nSPS) is 15.1. The zero-order chi connectivity index (χ0) is 18.8. The Labute approximate surface area is 163 Å². The third kappa shape index (κ3) is 3.75. The Bertz CT molecular complexity index is 929. The van der Waals surface area contributed by atoms with Gasteiger partial charge in [-0.3, -0.25) is 4.79 Å². The van der Waals surface area contributed by atoms with Crippen LogP contribution >= 0.6 is 11.6 Å². The first-order valence-electron chi connectivity index (χ1n) is 9.00. The van der Waals surface area contributed by atoms with E-state index in [1.165, 1.54) is 0 Å². The Hall–Kier alpha value is -2.63. The summed E-state index contributed by atoms with van der Waals surface area (Å²) in [5.41, 5.74) is 3.10. The third-order valence-corrected chi connectivity index (χ3v) is 5.13. The van der Waals surface area contributed by atoms with Crippen molar-refractivity contribution in [1.82, 2.24) is 19.6 Å². The fourth-order valence-electron chi connectivity index (χ4n) is 3.24. The molecule has 4 rings (SSSR count). The molecule has 5 nitrogen and oxygen atoms in total. The van der Waals surface area contributed by atoms with Gasteiger partial charge < -0.3 is 9.80 Å². The van der Waals surface area contributed by atoms with Gasteiger partial charge in [-0.15, -0.1) is 0 Å². The van der Waals surface area contributed by atoms with Gasteiger partial charge in [0, 0.05) is 43.0 Å². The smallest absolute Gasteiger partial charge is 0.257 e. The Kier molecular flexibility index (Phi) is 4.97. The Balaban J connectivity index is 1.75. The van der Waals surface area contributed by atoms with Gasteiger partial charge in [-0.05, 0) is 31.3 Å². The summed E-state index contributed by atoms with van der Waals surface area (Å²) in [6.45, 7) is 3.22. The van der Waals surface area contributed by atoms with Gasteiger partial charge in [0.05, 0.1) is 11.3 Å². The maximum absolute atomic E-state index is 13.2. The van der Waals surface area contributed by atoms with Crippen molar-refractivity contribution >= 4 is 17.5 Å². The quantitative estimate of drug-likeness (QED) is 0.697. The summed E-state index contributed by atoms with van der Waals surface area (Å²) in [5.74, 6) is 0.0234. The van der Waals surface area contributed by atoms with Crippen molar-refractivity contribution < 1.29 is 4.79 Å². The molecule has 27 heavy (non-hydrogen) atoms. The lowest BCUT2D eigenvalue weighted by Gasteiger charge is -2.32. The molecular formula is C21H21ClN4O. The monoisotopic (exact) mass is 380 g/mol. The number of benzene rings is 2. The summed E-state index contributed by atoms with van der Waals surface area (Å²) in [7, 11) is 2.08. The van der Waals surface area contributed by atoms with Crippen LogP contribution in [0.15, 0.2) is 60.8 Å². The van der Waals surface area contributed by atoms with Crippen molar-refractivity contribution in [2.45, 2.75) is 0 Å². The van der Waals surface area contributed by atoms with E-state index in [-0.39, 0.29) is 5.91 Å². The molecule has 0 bridgehead atoms. The second kappa shape index (κ2) is 7.55. The highest BCUT2D eigenvalue weighted by Gasteiger charge is 2.25. The van der Waals surface area contributed by atoms with Gasteiger partial charge in [0.25, 0.3) is 5.91 Å². The van der Waals surface area contributed by atoms with Crippen molar-refractivity contribution in [2.75, 3.05) is 33.2 Å². The molecule has 1 aliphatic heterocycles. The van der Waals surface area contributed by atoms with Crippen molar-refractivity contribution in [3.05, 3.63) is 71.4 Å². The maximum atomic E-state index is 13.2. The molecule has 0 N–H and O–H groups in total. The molecule has 138 valence electrons. The van der Waals surface area contributed by atoms with Crippen LogP contribution in [-0.2, 0) is 0 Å². The van der Waals surface area contributed by atoms with E-state index < -0.39 is 0 Å². The molecule has 3 aromatic rings. The lowest BCUT2D eigenvalue weighted by atomic mass is 10.1. The summed E-state index contributed by atoms with van der Waals surface area (Å²) in [6.07, 6.45) is 1.83. The molecule has 1 aliphatic rings. The number of amides is 1. The zero-order valence-corrected chi connectivity index (χ0v) is 15.9. The number of hydrogen-bond acceptors (Lipinski definition) is 3. The zero-order valence-electron chi connectivity index (χ0n) is 15.2. The first-order valence-corrected chi connectivity index (χ1v) is 9.38. The lowest BCUT2D eigenvalue weighted by Crippen LogP contribution is -2.47. The fourth-order valence-corrected chi connectivity index (χ4v) is 3.37. The summed E-state index contributed by atoms with van der Waals surface area (Å²) >= 11 is 6.03. The highest BCUT2D eigenvalue weighted by atomic mass is 35.5. The Morgan fingerprint density at radius 3 is 2.30 bits per heavy atom. The van der Waals surface area contributed by atoms with E-state index in [1.54, 1.807) is 4.68 Å². The van der Waals surface area contributed by atoms with E-state index in [0.29, 0.717) is 16.3 Å². The van der Waals surface area contributed by atoms with Crippen molar-refractivity contribution in [3.63, 3.8) is 0 Å². The van der Waals surface area contributed by atoms with E-state index in [1.807, 2.05) is 65.7 Å². The molecule has 2 heterocycles. The highest BCUT2D eigenvalue weighted by molar-refractivity contribution is 6.30. The van der Waals surface area contributed by atoms with Gasteiger partial charge in [-0.2, -0.15) is 5.10 Å². The van der Waals surface area contributed by atoms with Crippen LogP contribution in [0.5, 0.6) is 0 Å². The van der Waals surface area contributed by atoms with Crippen LogP contribution < -0.4 is 0 Å². The van der Waals surface area contributed by atoms with E-state index in [0.717, 1.165) is 37.4 Å². The minimum Gasteiger partial charge on any atom is -0.336 e. The molecule has 0 atom stereocenters. The summed E-state index contributed by atoms with van der Waals surface area (Å²) in [6, 6.07) is 17.3. The number of aromatic nitrogens is 2. The first kappa shape index (κ1) is 17.8. The summed E-state index contributed by atoms with van der Waals surface area (Å²) in [5, 5.41) is 5.39. The average molecular weight is 381 g/mol. The molecule has 1 amide bonds. The largest absolute Gasteiger partial charge is 0.336 e. The van der Waals surface area contributed by atoms with E-state index >= 15 is 0 Å². The molecule has 0 aliphatic carbocycles.